The molecule has 0 heterocycles. The maximum Gasteiger partial charge on any atom is 0.241 e. The molecule has 134 valence electrons. The van der Waals surface area contributed by atoms with Crippen molar-refractivity contribution < 1.29 is 13.2 Å². The molecule has 2 aromatic carbocycles. The Kier molecular flexibility index (Phi) is 6.73. The summed E-state index contributed by atoms with van der Waals surface area (Å²) in [5.74, 6) is -0.333. The van der Waals surface area contributed by atoms with E-state index in [1.807, 2.05) is 37.3 Å². The number of carbonyl (C=O) groups is 1. The Hall–Kier alpha value is -2.18. The summed E-state index contributed by atoms with van der Waals surface area (Å²) < 4.78 is 26.9. The molecule has 0 unspecified atom stereocenters. The average molecular weight is 360 g/mol. The van der Waals surface area contributed by atoms with Crippen LogP contribution in [0.25, 0.3) is 0 Å². The summed E-state index contributed by atoms with van der Waals surface area (Å²) in [5.41, 5.74) is 1.21. The van der Waals surface area contributed by atoms with Crippen molar-refractivity contribution in [3.05, 3.63) is 66.2 Å². The van der Waals surface area contributed by atoms with Gasteiger partial charge in [-0.2, -0.15) is 4.72 Å². The monoisotopic (exact) mass is 360 g/mol. The summed E-state index contributed by atoms with van der Waals surface area (Å²) in [7, 11) is -3.71. The van der Waals surface area contributed by atoms with E-state index in [9.17, 15) is 13.2 Å². The van der Waals surface area contributed by atoms with Crippen molar-refractivity contribution in [1.82, 2.24) is 10.0 Å². The molecule has 0 radical (unpaired) electrons. The molecular formula is C19H24N2O3S. The summed E-state index contributed by atoms with van der Waals surface area (Å²) in [4.78, 5) is 12.4. The summed E-state index contributed by atoms with van der Waals surface area (Å²) >= 11 is 0. The largest absolute Gasteiger partial charge is 0.352 e. The van der Waals surface area contributed by atoms with Crippen LogP contribution in [0.15, 0.2) is 65.6 Å². The molecule has 0 bridgehead atoms. The van der Waals surface area contributed by atoms with Gasteiger partial charge in [-0.3, -0.25) is 4.79 Å². The predicted octanol–water partition coefficient (Wildman–Crippen LogP) is 2.49. The normalized spacial score (nSPS) is 13.8. The highest BCUT2D eigenvalue weighted by atomic mass is 32.2. The van der Waals surface area contributed by atoms with E-state index in [1.54, 1.807) is 25.1 Å². The van der Waals surface area contributed by atoms with E-state index in [0.717, 1.165) is 12.8 Å². The average Bonchev–Trinajstić information content (AvgIpc) is 2.61. The molecule has 0 aliphatic rings. The molecule has 0 fully saturated rings. The van der Waals surface area contributed by atoms with Gasteiger partial charge in [-0.05, 0) is 44.4 Å². The van der Waals surface area contributed by atoms with Crippen molar-refractivity contribution in [1.29, 1.82) is 0 Å². The zero-order chi connectivity index (χ0) is 18.3. The molecule has 0 aliphatic carbocycles. The van der Waals surface area contributed by atoms with Gasteiger partial charge >= 0.3 is 0 Å². The number of aryl methyl sites for hydroxylation is 1. The van der Waals surface area contributed by atoms with Crippen molar-refractivity contribution in [2.75, 3.05) is 0 Å². The predicted molar refractivity (Wildman–Crippen MR) is 98.6 cm³/mol. The van der Waals surface area contributed by atoms with Gasteiger partial charge in [-0.15, -0.1) is 0 Å². The number of nitrogens with one attached hydrogen (secondary N) is 2. The van der Waals surface area contributed by atoms with E-state index in [2.05, 4.69) is 10.0 Å². The van der Waals surface area contributed by atoms with Crippen LogP contribution in [0, 0.1) is 0 Å². The third-order valence-corrected chi connectivity index (χ3v) is 5.43. The van der Waals surface area contributed by atoms with Crippen LogP contribution in [0.4, 0.5) is 0 Å². The standard InChI is InChI=1S/C19H24N2O3S/c1-15(13-14-17-9-5-3-6-10-17)20-19(22)16(2)21-25(23,24)18-11-7-4-8-12-18/h3-12,15-16,21H,13-14H2,1-2H3,(H,20,22)/t15-,16+/m0/s1. The van der Waals surface area contributed by atoms with Crippen molar-refractivity contribution in [3.63, 3.8) is 0 Å². The van der Waals surface area contributed by atoms with Crippen molar-refractivity contribution in [3.8, 4) is 0 Å². The molecule has 0 aliphatic heterocycles. The van der Waals surface area contributed by atoms with Gasteiger partial charge in [0.25, 0.3) is 0 Å². The first-order valence-corrected chi connectivity index (χ1v) is 9.78. The lowest BCUT2D eigenvalue weighted by Gasteiger charge is -2.18. The first-order chi connectivity index (χ1) is 11.9. The van der Waals surface area contributed by atoms with Gasteiger partial charge in [-0.1, -0.05) is 48.5 Å². The van der Waals surface area contributed by atoms with E-state index in [-0.39, 0.29) is 16.8 Å². The van der Waals surface area contributed by atoms with Crippen molar-refractivity contribution in [2.45, 2.75) is 43.7 Å². The fraction of sp³-hybridized carbons (Fsp3) is 0.316. The van der Waals surface area contributed by atoms with Gasteiger partial charge in [0, 0.05) is 6.04 Å². The van der Waals surface area contributed by atoms with Gasteiger partial charge in [0.2, 0.25) is 15.9 Å². The Bertz CT molecular complexity index is 777. The minimum atomic E-state index is -3.71. The Morgan fingerprint density at radius 3 is 2.12 bits per heavy atom. The fourth-order valence-electron chi connectivity index (χ4n) is 2.42. The second kappa shape index (κ2) is 8.78. The fourth-order valence-corrected chi connectivity index (χ4v) is 3.65. The van der Waals surface area contributed by atoms with Crippen LogP contribution in [-0.2, 0) is 21.2 Å². The lowest BCUT2D eigenvalue weighted by Crippen LogP contribution is -2.47. The molecule has 2 aromatic rings. The summed E-state index contributed by atoms with van der Waals surface area (Å²) in [6.45, 7) is 3.46. The molecule has 25 heavy (non-hydrogen) atoms. The van der Waals surface area contributed by atoms with Gasteiger partial charge in [-0.25, -0.2) is 8.42 Å². The van der Waals surface area contributed by atoms with E-state index < -0.39 is 16.1 Å². The highest BCUT2D eigenvalue weighted by molar-refractivity contribution is 7.89. The molecule has 5 nitrogen and oxygen atoms in total. The number of sulfonamides is 1. The molecule has 0 spiro atoms. The van der Waals surface area contributed by atoms with E-state index in [0.29, 0.717) is 0 Å². The number of carbonyl (C=O) groups excluding carboxylic acids is 1. The SMILES string of the molecule is C[C@@H](CCc1ccccc1)NC(=O)[C@@H](C)NS(=O)(=O)c1ccccc1. The molecular weight excluding hydrogens is 336 g/mol. The van der Waals surface area contributed by atoms with E-state index in [4.69, 9.17) is 0 Å². The molecule has 1 amide bonds. The number of hydrogen-bond acceptors (Lipinski definition) is 3. The highest BCUT2D eigenvalue weighted by Crippen LogP contribution is 2.08. The van der Waals surface area contributed by atoms with Crippen LogP contribution in [-0.4, -0.2) is 26.4 Å². The van der Waals surface area contributed by atoms with E-state index >= 15 is 0 Å². The van der Waals surface area contributed by atoms with Crippen LogP contribution in [0.1, 0.15) is 25.8 Å². The van der Waals surface area contributed by atoms with Gasteiger partial charge < -0.3 is 5.32 Å². The first-order valence-electron chi connectivity index (χ1n) is 8.30. The van der Waals surface area contributed by atoms with E-state index in [1.165, 1.54) is 17.7 Å². The molecule has 0 saturated carbocycles. The van der Waals surface area contributed by atoms with Crippen molar-refractivity contribution >= 4 is 15.9 Å². The van der Waals surface area contributed by atoms with Crippen LogP contribution in [0.3, 0.4) is 0 Å². The van der Waals surface area contributed by atoms with Crippen LogP contribution < -0.4 is 10.0 Å². The highest BCUT2D eigenvalue weighted by Gasteiger charge is 2.22. The van der Waals surface area contributed by atoms with Crippen LogP contribution in [0.5, 0.6) is 0 Å². The Balaban J connectivity index is 1.85. The second-order valence-electron chi connectivity index (χ2n) is 6.09. The molecule has 6 heteroatoms. The lowest BCUT2D eigenvalue weighted by molar-refractivity contribution is -0.123. The Labute approximate surface area is 149 Å². The molecule has 2 rings (SSSR count). The maximum atomic E-state index is 12.3. The smallest absolute Gasteiger partial charge is 0.241 e. The number of benzene rings is 2. The van der Waals surface area contributed by atoms with Crippen molar-refractivity contribution in [2.24, 2.45) is 0 Å². The molecule has 2 N–H and O–H groups in total. The van der Waals surface area contributed by atoms with Crippen LogP contribution in [0.2, 0.25) is 0 Å². The first kappa shape index (κ1) is 19.1. The quantitative estimate of drug-likeness (QED) is 0.759. The summed E-state index contributed by atoms with van der Waals surface area (Å²) in [6, 6.07) is 17.2. The van der Waals surface area contributed by atoms with Gasteiger partial charge in [0.05, 0.1) is 10.9 Å². The lowest BCUT2D eigenvalue weighted by atomic mass is 10.1. The molecule has 0 saturated heterocycles. The summed E-state index contributed by atoms with van der Waals surface area (Å²) in [6.07, 6.45) is 1.64. The molecule has 0 aromatic heterocycles. The van der Waals surface area contributed by atoms with Crippen LogP contribution >= 0.6 is 0 Å². The third kappa shape index (κ3) is 5.99. The van der Waals surface area contributed by atoms with Gasteiger partial charge in [0.15, 0.2) is 0 Å². The zero-order valence-corrected chi connectivity index (χ0v) is 15.3. The maximum absolute atomic E-state index is 12.3. The number of rotatable bonds is 8. The number of amides is 1. The zero-order valence-electron chi connectivity index (χ0n) is 14.5. The van der Waals surface area contributed by atoms with Gasteiger partial charge in [0.1, 0.15) is 0 Å². The molecule has 2 atom stereocenters. The topological polar surface area (TPSA) is 75.3 Å². The Morgan fingerprint density at radius 2 is 1.52 bits per heavy atom. The minimum Gasteiger partial charge on any atom is -0.352 e. The minimum absolute atomic E-state index is 0.0450. The second-order valence-corrected chi connectivity index (χ2v) is 7.80. The number of hydrogen-bond donors (Lipinski definition) is 2. The third-order valence-electron chi connectivity index (χ3n) is 3.88. The Morgan fingerprint density at radius 1 is 0.960 bits per heavy atom. The summed E-state index contributed by atoms with van der Waals surface area (Å²) in [5, 5.41) is 2.86.